The second kappa shape index (κ2) is 5.97. The van der Waals surface area contributed by atoms with Crippen molar-refractivity contribution in [3.8, 4) is 17.1 Å². The van der Waals surface area contributed by atoms with Gasteiger partial charge in [-0.2, -0.15) is 0 Å². The summed E-state index contributed by atoms with van der Waals surface area (Å²) < 4.78 is 2.29. The number of aromatic nitrogens is 2. The molecule has 2 heterocycles. The van der Waals surface area contributed by atoms with E-state index in [-0.39, 0.29) is 0 Å². The van der Waals surface area contributed by atoms with Crippen LogP contribution in [0.3, 0.4) is 0 Å². The van der Waals surface area contributed by atoms with Crippen LogP contribution in [0.1, 0.15) is 25.3 Å². The van der Waals surface area contributed by atoms with Gasteiger partial charge in [-0.05, 0) is 47.9 Å². The van der Waals surface area contributed by atoms with Crippen molar-refractivity contribution < 1.29 is 0 Å². The fourth-order valence-electron chi connectivity index (χ4n) is 3.14. The Morgan fingerprint density at radius 1 is 0.833 bits per heavy atom. The summed E-state index contributed by atoms with van der Waals surface area (Å²) in [5.74, 6) is 0.487. The first-order valence-corrected chi connectivity index (χ1v) is 8.36. The molecule has 2 heteroatoms. The van der Waals surface area contributed by atoms with Crippen LogP contribution in [0.15, 0.2) is 79.0 Å². The van der Waals surface area contributed by atoms with Gasteiger partial charge in [0.1, 0.15) is 0 Å². The van der Waals surface area contributed by atoms with E-state index < -0.39 is 0 Å². The quantitative estimate of drug-likeness (QED) is 0.466. The molecule has 2 nitrogen and oxygen atoms in total. The number of rotatable bonds is 3. The topological polar surface area (TPSA) is 17.8 Å². The molecule has 2 aromatic carbocycles. The van der Waals surface area contributed by atoms with Crippen molar-refractivity contribution in [2.45, 2.75) is 19.8 Å². The Hall–Kier alpha value is -2.87. The molecule has 24 heavy (non-hydrogen) atoms. The smallest absolute Gasteiger partial charge is 0.0873 e. The summed E-state index contributed by atoms with van der Waals surface area (Å²) in [6.07, 6.45) is 1.91. The van der Waals surface area contributed by atoms with Gasteiger partial charge in [-0.15, -0.1) is 0 Å². The first kappa shape index (κ1) is 14.7. The average molecular weight is 312 g/mol. The minimum atomic E-state index is 0.487. The normalized spacial score (nSPS) is 11.3. The number of hydrogen-bond acceptors (Lipinski definition) is 1. The molecule has 118 valence electrons. The lowest BCUT2D eigenvalue weighted by atomic mass is 10.0. The molecule has 0 saturated heterocycles. The third-order valence-electron chi connectivity index (χ3n) is 4.44. The van der Waals surface area contributed by atoms with Crippen molar-refractivity contribution in [3.63, 3.8) is 0 Å². The summed E-state index contributed by atoms with van der Waals surface area (Å²) in [7, 11) is 0. The molecule has 4 aromatic rings. The van der Waals surface area contributed by atoms with Crippen molar-refractivity contribution in [2.75, 3.05) is 0 Å². The molecular formula is C22H20N2. The molecule has 0 aliphatic rings. The summed E-state index contributed by atoms with van der Waals surface area (Å²) in [5, 5.41) is 1.23. The van der Waals surface area contributed by atoms with E-state index in [1.54, 1.807) is 0 Å². The second-order valence-corrected chi connectivity index (χ2v) is 6.39. The van der Waals surface area contributed by atoms with Crippen molar-refractivity contribution in [2.24, 2.45) is 0 Å². The third-order valence-corrected chi connectivity index (χ3v) is 4.44. The predicted octanol–water partition coefficient (Wildman–Crippen LogP) is 5.82. The standard InChI is InChI=1S/C22H20N2/c1-16(2)17-12-13-23-20(14-17)22-15-18-8-6-7-11-21(18)24(22)19-9-4-3-5-10-19/h3-16H,1-2H3. The van der Waals surface area contributed by atoms with Gasteiger partial charge in [0.05, 0.1) is 16.9 Å². The second-order valence-electron chi connectivity index (χ2n) is 6.39. The zero-order valence-corrected chi connectivity index (χ0v) is 14.0. The summed E-state index contributed by atoms with van der Waals surface area (Å²) in [6, 6.07) is 25.5. The van der Waals surface area contributed by atoms with Gasteiger partial charge in [0.25, 0.3) is 0 Å². The van der Waals surface area contributed by atoms with Crippen LogP contribution >= 0.6 is 0 Å². The Labute approximate surface area is 142 Å². The molecule has 0 atom stereocenters. The molecule has 0 aliphatic heterocycles. The van der Waals surface area contributed by atoms with Crippen molar-refractivity contribution in [1.82, 2.24) is 9.55 Å². The zero-order valence-electron chi connectivity index (χ0n) is 14.0. The van der Waals surface area contributed by atoms with Crippen molar-refractivity contribution >= 4 is 10.9 Å². The van der Waals surface area contributed by atoms with E-state index in [0.717, 1.165) is 17.1 Å². The van der Waals surface area contributed by atoms with Crippen molar-refractivity contribution in [1.29, 1.82) is 0 Å². The summed E-state index contributed by atoms with van der Waals surface area (Å²) >= 11 is 0. The predicted molar refractivity (Wildman–Crippen MR) is 101 cm³/mol. The van der Waals surface area contributed by atoms with E-state index in [1.165, 1.54) is 16.5 Å². The molecule has 0 bridgehead atoms. The van der Waals surface area contributed by atoms with Crippen LogP contribution in [0.4, 0.5) is 0 Å². The Morgan fingerprint density at radius 2 is 1.58 bits per heavy atom. The molecule has 0 N–H and O–H groups in total. The van der Waals surface area contributed by atoms with E-state index in [1.807, 2.05) is 12.3 Å². The highest BCUT2D eigenvalue weighted by molar-refractivity contribution is 5.88. The maximum absolute atomic E-state index is 4.65. The van der Waals surface area contributed by atoms with E-state index in [4.69, 9.17) is 0 Å². The van der Waals surface area contributed by atoms with Crippen LogP contribution in [0.2, 0.25) is 0 Å². The monoisotopic (exact) mass is 312 g/mol. The Balaban J connectivity index is 2.00. The van der Waals surface area contributed by atoms with Crippen molar-refractivity contribution in [3.05, 3.63) is 84.6 Å². The summed E-state index contributed by atoms with van der Waals surface area (Å²) in [5.41, 5.74) is 5.82. The first-order chi connectivity index (χ1) is 11.7. The maximum atomic E-state index is 4.65. The van der Waals surface area contributed by atoms with Gasteiger partial charge in [0, 0.05) is 17.3 Å². The van der Waals surface area contributed by atoms with Gasteiger partial charge in [0.15, 0.2) is 0 Å². The molecule has 0 fully saturated rings. The van der Waals surface area contributed by atoms with Crippen LogP contribution in [-0.2, 0) is 0 Å². The summed E-state index contributed by atoms with van der Waals surface area (Å²) in [6.45, 7) is 4.43. The van der Waals surface area contributed by atoms with Crippen LogP contribution in [0, 0.1) is 0 Å². The number of benzene rings is 2. The van der Waals surface area contributed by atoms with E-state index in [9.17, 15) is 0 Å². The van der Waals surface area contributed by atoms with Gasteiger partial charge >= 0.3 is 0 Å². The van der Waals surface area contributed by atoms with Gasteiger partial charge in [0.2, 0.25) is 0 Å². The molecule has 0 aliphatic carbocycles. The highest BCUT2D eigenvalue weighted by Gasteiger charge is 2.13. The van der Waals surface area contributed by atoms with Crippen LogP contribution in [-0.4, -0.2) is 9.55 Å². The fourth-order valence-corrected chi connectivity index (χ4v) is 3.14. The van der Waals surface area contributed by atoms with Gasteiger partial charge in [-0.25, -0.2) is 0 Å². The number of pyridine rings is 1. The first-order valence-electron chi connectivity index (χ1n) is 8.36. The van der Waals surface area contributed by atoms with Gasteiger partial charge in [-0.3, -0.25) is 4.98 Å². The zero-order chi connectivity index (χ0) is 16.5. The SMILES string of the molecule is CC(C)c1ccnc(-c2cc3ccccc3n2-c2ccccc2)c1. The number of hydrogen-bond donors (Lipinski definition) is 0. The lowest BCUT2D eigenvalue weighted by Gasteiger charge is -2.12. The highest BCUT2D eigenvalue weighted by Crippen LogP contribution is 2.31. The Kier molecular flexibility index (Phi) is 3.66. The average Bonchev–Trinajstić information content (AvgIpc) is 3.02. The Morgan fingerprint density at radius 3 is 2.38 bits per heavy atom. The van der Waals surface area contributed by atoms with Crippen LogP contribution in [0.5, 0.6) is 0 Å². The lowest BCUT2D eigenvalue weighted by Crippen LogP contribution is -1.98. The fraction of sp³-hybridized carbons (Fsp3) is 0.136. The molecule has 4 rings (SSSR count). The van der Waals surface area contributed by atoms with E-state index in [0.29, 0.717) is 5.92 Å². The minimum absolute atomic E-state index is 0.487. The molecule has 2 aromatic heterocycles. The minimum Gasteiger partial charge on any atom is -0.308 e. The maximum Gasteiger partial charge on any atom is 0.0873 e. The van der Waals surface area contributed by atoms with Gasteiger partial charge in [-0.1, -0.05) is 50.2 Å². The molecule has 0 spiro atoms. The highest BCUT2D eigenvalue weighted by atomic mass is 15.0. The number of para-hydroxylation sites is 2. The van der Waals surface area contributed by atoms with Crippen LogP contribution < -0.4 is 0 Å². The molecule has 0 saturated carbocycles. The largest absolute Gasteiger partial charge is 0.308 e. The molecule has 0 amide bonds. The molecule has 0 radical (unpaired) electrons. The molecular weight excluding hydrogens is 292 g/mol. The number of nitrogens with zero attached hydrogens (tertiary/aromatic N) is 2. The lowest BCUT2D eigenvalue weighted by molar-refractivity contribution is 0.863. The third kappa shape index (κ3) is 2.50. The summed E-state index contributed by atoms with van der Waals surface area (Å²) in [4.78, 5) is 4.65. The van der Waals surface area contributed by atoms with E-state index >= 15 is 0 Å². The van der Waals surface area contributed by atoms with Crippen LogP contribution in [0.25, 0.3) is 28.0 Å². The Bertz CT molecular complexity index is 981. The molecule has 0 unspecified atom stereocenters. The number of fused-ring (bicyclic) bond motifs is 1. The van der Waals surface area contributed by atoms with Gasteiger partial charge < -0.3 is 4.57 Å². The van der Waals surface area contributed by atoms with E-state index in [2.05, 4.69) is 90.1 Å².